The van der Waals surface area contributed by atoms with E-state index in [9.17, 15) is 27.2 Å². The summed E-state index contributed by atoms with van der Waals surface area (Å²) in [5, 5.41) is 2.14. The molecule has 0 bridgehead atoms. The fourth-order valence-electron chi connectivity index (χ4n) is 3.82. The molecule has 0 aromatic heterocycles. The lowest BCUT2D eigenvalue weighted by atomic mass is 10.1. The van der Waals surface area contributed by atoms with E-state index in [4.69, 9.17) is 11.6 Å². The van der Waals surface area contributed by atoms with E-state index in [0.717, 1.165) is 17.7 Å². The van der Waals surface area contributed by atoms with Crippen molar-refractivity contribution in [2.75, 3.05) is 25.0 Å². The van der Waals surface area contributed by atoms with Gasteiger partial charge in [0, 0.05) is 56.5 Å². The van der Waals surface area contributed by atoms with Crippen LogP contribution in [0.3, 0.4) is 0 Å². The number of ether oxygens (including phenoxy) is 1. The number of nitrogens with one attached hydrogen (secondary N) is 1. The number of hydrogen-bond donors (Lipinski definition) is 1. The number of benzene rings is 2. The SMILES string of the molecule is CC(=O)Nc1cc(Cl)c(OC(F)(F)F)cc1/C=C/C(=O)N1CCN(Cc2ccc(F)cc2)C[C@H]1C. The molecular weight excluding hydrogens is 490 g/mol. The van der Waals surface area contributed by atoms with Crippen molar-refractivity contribution in [2.24, 2.45) is 0 Å². The topological polar surface area (TPSA) is 61.9 Å². The zero-order chi connectivity index (χ0) is 25.8. The average Bonchev–Trinajstić information content (AvgIpc) is 2.75. The minimum absolute atomic E-state index is 0.125. The molecule has 11 heteroatoms. The first-order valence-electron chi connectivity index (χ1n) is 10.7. The predicted molar refractivity (Wildman–Crippen MR) is 124 cm³/mol. The van der Waals surface area contributed by atoms with E-state index in [0.29, 0.717) is 26.2 Å². The molecule has 1 saturated heterocycles. The van der Waals surface area contributed by atoms with Gasteiger partial charge in [0.25, 0.3) is 0 Å². The Hall–Kier alpha value is -3.11. The first-order chi connectivity index (χ1) is 16.4. The first kappa shape index (κ1) is 26.5. The third-order valence-electron chi connectivity index (χ3n) is 5.36. The number of piperazine rings is 1. The van der Waals surface area contributed by atoms with Crippen LogP contribution in [0.4, 0.5) is 23.2 Å². The molecule has 1 N–H and O–H groups in total. The van der Waals surface area contributed by atoms with E-state index in [1.807, 2.05) is 6.92 Å². The molecule has 6 nitrogen and oxygen atoms in total. The zero-order valence-electron chi connectivity index (χ0n) is 19.0. The highest BCUT2D eigenvalue weighted by Crippen LogP contribution is 2.35. The predicted octanol–water partition coefficient (Wildman–Crippen LogP) is 5.08. The second kappa shape index (κ2) is 11.1. The van der Waals surface area contributed by atoms with Crippen molar-refractivity contribution in [2.45, 2.75) is 32.8 Å². The maximum Gasteiger partial charge on any atom is 0.573 e. The second-order valence-corrected chi connectivity index (χ2v) is 8.58. The van der Waals surface area contributed by atoms with Gasteiger partial charge in [-0.2, -0.15) is 0 Å². The molecule has 0 spiro atoms. The Balaban J connectivity index is 1.71. The van der Waals surface area contributed by atoms with Crippen molar-refractivity contribution in [1.29, 1.82) is 0 Å². The van der Waals surface area contributed by atoms with Crippen LogP contribution in [0, 0.1) is 5.82 Å². The van der Waals surface area contributed by atoms with Crippen LogP contribution in [0.15, 0.2) is 42.5 Å². The highest BCUT2D eigenvalue weighted by atomic mass is 35.5. The van der Waals surface area contributed by atoms with E-state index < -0.39 is 18.0 Å². The molecule has 1 aliphatic rings. The van der Waals surface area contributed by atoms with Gasteiger partial charge in [-0.15, -0.1) is 13.2 Å². The van der Waals surface area contributed by atoms with Crippen LogP contribution in [0.1, 0.15) is 25.0 Å². The van der Waals surface area contributed by atoms with E-state index in [-0.39, 0.29) is 34.0 Å². The van der Waals surface area contributed by atoms with Crippen molar-refractivity contribution >= 4 is 35.2 Å². The third-order valence-corrected chi connectivity index (χ3v) is 5.66. The molecule has 1 aliphatic heterocycles. The number of amides is 2. The van der Waals surface area contributed by atoms with Gasteiger partial charge in [-0.3, -0.25) is 14.5 Å². The van der Waals surface area contributed by atoms with E-state index in [1.165, 1.54) is 31.2 Å². The molecule has 0 saturated carbocycles. The molecule has 0 radical (unpaired) electrons. The van der Waals surface area contributed by atoms with Gasteiger partial charge in [-0.1, -0.05) is 23.7 Å². The number of nitrogens with zero attached hydrogens (tertiary/aromatic N) is 2. The van der Waals surface area contributed by atoms with E-state index >= 15 is 0 Å². The van der Waals surface area contributed by atoms with Crippen molar-refractivity contribution in [3.8, 4) is 5.75 Å². The first-order valence-corrected chi connectivity index (χ1v) is 11.1. The Bertz CT molecular complexity index is 1110. The number of rotatable bonds is 6. The van der Waals surface area contributed by atoms with Crippen molar-refractivity contribution < 1.29 is 31.9 Å². The van der Waals surface area contributed by atoms with Gasteiger partial charge in [0.1, 0.15) is 11.6 Å². The molecule has 188 valence electrons. The lowest BCUT2D eigenvalue weighted by Gasteiger charge is -2.39. The second-order valence-electron chi connectivity index (χ2n) is 8.17. The van der Waals surface area contributed by atoms with Gasteiger partial charge in [0.2, 0.25) is 11.8 Å². The number of hydrogen-bond acceptors (Lipinski definition) is 4. The standard InChI is InChI=1S/C24H24ClF4N3O3/c1-15-13-31(14-17-3-6-19(26)7-4-17)9-10-32(15)23(34)8-5-18-11-22(35-24(27,28)29)20(25)12-21(18)30-16(2)33/h3-8,11-12,15H,9-10,13-14H2,1-2H3,(H,30,33)/b8-5+/t15-/m1/s1. The molecule has 2 aromatic carbocycles. The average molecular weight is 514 g/mol. The molecule has 35 heavy (non-hydrogen) atoms. The lowest BCUT2D eigenvalue weighted by molar-refractivity contribution is -0.274. The van der Waals surface area contributed by atoms with Gasteiger partial charge in [-0.05, 0) is 42.8 Å². The number of halogens is 5. The molecule has 0 aliphatic carbocycles. The van der Waals surface area contributed by atoms with Crippen LogP contribution in [-0.4, -0.2) is 53.7 Å². The summed E-state index contributed by atoms with van der Waals surface area (Å²) >= 11 is 5.88. The Kier molecular flexibility index (Phi) is 8.39. The maximum absolute atomic E-state index is 13.1. The normalized spacial score (nSPS) is 17.0. The molecule has 2 aromatic rings. The van der Waals surface area contributed by atoms with Crippen LogP contribution >= 0.6 is 11.6 Å². The largest absolute Gasteiger partial charge is 0.573 e. The van der Waals surface area contributed by atoms with Crippen molar-refractivity contribution in [3.05, 3.63) is 64.4 Å². The summed E-state index contributed by atoms with van der Waals surface area (Å²) in [7, 11) is 0. The highest BCUT2D eigenvalue weighted by Gasteiger charge is 2.32. The Morgan fingerprint density at radius 1 is 1.20 bits per heavy atom. The van der Waals surface area contributed by atoms with Crippen LogP contribution in [0.25, 0.3) is 6.08 Å². The number of carbonyl (C=O) groups is 2. The van der Waals surface area contributed by atoms with Crippen molar-refractivity contribution in [1.82, 2.24) is 9.80 Å². The minimum atomic E-state index is -4.96. The summed E-state index contributed by atoms with van der Waals surface area (Å²) < 4.78 is 55.2. The number of carbonyl (C=O) groups excluding carboxylic acids is 2. The fourth-order valence-corrected chi connectivity index (χ4v) is 4.02. The van der Waals surface area contributed by atoms with Gasteiger partial charge >= 0.3 is 6.36 Å². The molecule has 2 amide bonds. The van der Waals surface area contributed by atoms with Crippen LogP contribution < -0.4 is 10.1 Å². The van der Waals surface area contributed by atoms with E-state index in [2.05, 4.69) is 15.0 Å². The molecule has 0 unspecified atom stereocenters. The molecule has 1 fully saturated rings. The van der Waals surface area contributed by atoms with Crippen LogP contribution in [-0.2, 0) is 16.1 Å². The molecular formula is C24H24ClF4N3O3. The molecule has 1 heterocycles. The Morgan fingerprint density at radius 3 is 2.49 bits per heavy atom. The quantitative estimate of drug-likeness (QED) is 0.432. The Morgan fingerprint density at radius 2 is 1.89 bits per heavy atom. The summed E-state index contributed by atoms with van der Waals surface area (Å²) in [4.78, 5) is 28.2. The van der Waals surface area contributed by atoms with Gasteiger partial charge in [-0.25, -0.2) is 4.39 Å². The van der Waals surface area contributed by atoms with E-state index in [1.54, 1.807) is 17.0 Å². The van der Waals surface area contributed by atoms with Crippen LogP contribution in [0.2, 0.25) is 5.02 Å². The summed E-state index contributed by atoms with van der Waals surface area (Å²) in [6, 6.07) is 8.25. The maximum atomic E-state index is 13.1. The number of anilines is 1. The third kappa shape index (κ3) is 7.69. The van der Waals surface area contributed by atoms with Gasteiger partial charge < -0.3 is 15.0 Å². The zero-order valence-corrected chi connectivity index (χ0v) is 19.8. The fraction of sp³-hybridized carbons (Fsp3) is 0.333. The van der Waals surface area contributed by atoms with Crippen LogP contribution in [0.5, 0.6) is 5.75 Å². The van der Waals surface area contributed by atoms with Gasteiger partial charge in [0.05, 0.1) is 5.02 Å². The lowest BCUT2D eigenvalue weighted by Crippen LogP contribution is -2.53. The summed E-state index contributed by atoms with van der Waals surface area (Å²) in [6.07, 6.45) is -2.41. The monoisotopic (exact) mass is 513 g/mol. The summed E-state index contributed by atoms with van der Waals surface area (Å²) in [6.45, 7) is 5.38. The highest BCUT2D eigenvalue weighted by molar-refractivity contribution is 6.32. The van der Waals surface area contributed by atoms with Gasteiger partial charge in [0.15, 0.2) is 0 Å². The molecule has 3 rings (SSSR count). The minimum Gasteiger partial charge on any atom is -0.404 e. The Labute approximate surface area is 205 Å². The smallest absolute Gasteiger partial charge is 0.404 e. The number of alkyl halides is 3. The molecule has 1 atom stereocenters. The van der Waals surface area contributed by atoms with Crippen molar-refractivity contribution in [3.63, 3.8) is 0 Å². The summed E-state index contributed by atoms with van der Waals surface area (Å²) in [5.41, 5.74) is 1.22. The summed E-state index contributed by atoms with van der Waals surface area (Å²) in [5.74, 6) is -1.75.